The standard InChI is InChI=1S/C16H28N4O/c1-4-15-8-6-7-9-19(15)12-16(21)17-10-14-11-20(5-2)18-13(14)3/h11,15H,4-10,12H2,1-3H3,(H,17,21)/t15-/m1/s1. The van der Waals surface area contributed by atoms with Gasteiger partial charge < -0.3 is 5.32 Å². The minimum Gasteiger partial charge on any atom is -0.351 e. The molecule has 1 N–H and O–H groups in total. The van der Waals surface area contributed by atoms with Crippen molar-refractivity contribution in [3.8, 4) is 0 Å². The second kappa shape index (κ2) is 7.59. The number of nitrogens with one attached hydrogen (secondary N) is 1. The van der Waals surface area contributed by atoms with E-state index in [-0.39, 0.29) is 5.91 Å². The highest BCUT2D eigenvalue weighted by molar-refractivity contribution is 5.78. The average Bonchev–Trinajstić information content (AvgIpc) is 2.86. The molecule has 118 valence electrons. The summed E-state index contributed by atoms with van der Waals surface area (Å²) in [5, 5.41) is 7.44. The number of hydrogen-bond donors (Lipinski definition) is 1. The second-order valence-electron chi connectivity index (χ2n) is 5.90. The molecule has 0 bridgehead atoms. The zero-order valence-corrected chi connectivity index (χ0v) is 13.6. The molecule has 1 aromatic rings. The zero-order valence-electron chi connectivity index (χ0n) is 13.6. The van der Waals surface area contributed by atoms with Gasteiger partial charge in [-0.05, 0) is 39.7 Å². The fourth-order valence-corrected chi connectivity index (χ4v) is 3.06. The summed E-state index contributed by atoms with van der Waals surface area (Å²) in [6, 6.07) is 0.578. The van der Waals surface area contributed by atoms with Gasteiger partial charge in [-0.2, -0.15) is 5.10 Å². The number of rotatable bonds is 6. The van der Waals surface area contributed by atoms with Gasteiger partial charge in [-0.1, -0.05) is 13.3 Å². The molecule has 0 aliphatic carbocycles. The Hall–Kier alpha value is -1.36. The Bertz CT molecular complexity index is 469. The number of likely N-dealkylation sites (tertiary alicyclic amines) is 1. The van der Waals surface area contributed by atoms with Crippen LogP contribution in [0.25, 0.3) is 0 Å². The van der Waals surface area contributed by atoms with Crippen molar-refractivity contribution in [2.24, 2.45) is 0 Å². The number of aromatic nitrogens is 2. The van der Waals surface area contributed by atoms with E-state index in [4.69, 9.17) is 0 Å². The molecule has 0 saturated carbocycles. The van der Waals surface area contributed by atoms with Gasteiger partial charge in [-0.3, -0.25) is 14.4 Å². The molecule has 1 amide bonds. The summed E-state index contributed by atoms with van der Waals surface area (Å²) in [6.07, 6.45) is 6.89. The molecule has 0 radical (unpaired) electrons. The second-order valence-corrected chi connectivity index (χ2v) is 5.90. The fourth-order valence-electron chi connectivity index (χ4n) is 3.06. The molecule has 1 aromatic heterocycles. The lowest BCUT2D eigenvalue weighted by Gasteiger charge is -2.34. The summed E-state index contributed by atoms with van der Waals surface area (Å²) >= 11 is 0. The Morgan fingerprint density at radius 3 is 2.90 bits per heavy atom. The van der Waals surface area contributed by atoms with E-state index in [1.165, 1.54) is 19.3 Å². The van der Waals surface area contributed by atoms with E-state index >= 15 is 0 Å². The van der Waals surface area contributed by atoms with Crippen LogP contribution in [0.5, 0.6) is 0 Å². The molecule has 1 fully saturated rings. The van der Waals surface area contributed by atoms with Crippen LogP contribution in [0.15, 0.2) is 6.20 Å². The van der Waals surface area contributed by atoms with Crippen molar-refractivity contribution < 1.29 is 4.79 Å². The van der Waals surface area contributed by atoms with E-state index in [1.807, 2.05) is 17.8 Å². The average molecular weight is 292 g/mol. The Balaban J connectivity index is 1.82. The monoisotopic (exact) mass is 292 g/mol. The summed E-state index contributed by atoms with van der Waals surface area (Å²) in [7, 11) is 0. The molecule has 21 heavy (non-hydrogen) atoms. The number of aryl methyl sites for hydroxylation is 2. The normalized spacial score (nSPS) is 19.7. The first-order chi connectivity index (χ1) is 10.1. The Labute approximate surface area is 127 Å². The Morgan fingerprint density at radius 1 is 1.43 bits per heavy atom. The van der Waals surface area contributed by atoms with Gasteiger partial charge in [0, 0.05) is 30.9 Å². The number of piperidine rings is 1. The molecule has 2 heterocycles. The first-order valence-electron chi connectivity index (χ1n) is 8.17. The fraction of sp³-hybridized carbons (Fsp3) is 0.750. The van der Waals surface area contributed by atoms with Crippen molar-refractivity contribution in [1.29, 1.82) is 0 Å². The van der Waals surface area contributed by atoms with Crippen molar-refractivity contribution in [3.05, 3.63) is 17.5 Å². The van der Waals surface area contributed by atoms with Crippen LogP contribution in [-0.4, -0.2) is 39.7 Å². The first kappa shape index (κ1) is 16.0. The number of nitrogens with zero attached hydrogens (tertiary/aromatic N) is 3. The van der Waals surface area contributed by atoms with E-state index in [0.717, 1.165) is 30.8 Å². The molecule has 5 heteroatoms. The molecule has 0 spiro atoms. The van der Waals surface area contributed by atoms with E-state index in [9.17, 15) is 4.79 Å². The maximum atomic E-state index is 12.2. The van der Waals surface area contributed by atoms with Crippen molar-refractivity contribution in [3.63, 3.8) is 0 Å². The van der Waals surface area contributed by atoms with Crippen LogP contribution >= 0.6 is 0 Å². The molecule has 5 nitrogen and oxygen atoms in total. The molecule has 0 aromatic carbocycles. The minimum absolute atomic E-state index is 0.124. The van der Waals surface area contributed by atoms with Crippen LogP contribution in [0, 0.1) is 6.92 Å². The highest BCUT2D eigenvalue weighted by Crippen LogP contribution is 2.18. The van der Waals surface area contributed by atoms with Crippen LogP contribution in [0.2, 0.25) is 0 Å². The quantitative estimate of drug-likeness (QED) is 0.873. The molecule has 2 rings (SSSR count). The predicted molar refractivity (Wildman–Crippen MR) is 84.0 cm³/mol. The van der Waals surface area contributed by atoms with Crippen molar-refractivity contribution >= 4 is 5.91 Å². The van der Waals surface area contributed by atoms with Crippen LogP contribution in [0.3, 0.4) is 0 Å². The van der Waals surface area contributed by atoms with Crippen LogP contribution < -0.4 is 5.32 Å². The van der Waals surface area contributed by atoms with Gasteiger partial charge in [0.25, 0.3) is 0 Å². The number of carbonyl (C=O) groups is 1. The summed E-state index contributed by atoms with van der Waals surface area (Å²) < 4.78 is 1.91. The van der Waals surface area contributed by atoms with Gasteiger partial charge in [-0.25, -0.2) is 0 Å². The van der Waals surface area contributed by atoms with Gasteiger partial charge >= 0.3 is 0 Å². The first-order valence-corrected chi connectivity index (χ1v) is 8.17. The lowest BCUT2D eigenvalue weighted by Crippen LogP contribution is -2.45. The summed E-state index contributed by atoms with van der Waals surface area (Å²) in [4.78, 5) is 14.5. The van der Waals surface area contributed by atoms with E-state index < -0.39 is 0 Å². The molecule has 1 aliphatic heterocycles. The van der Waals surface area contributed by atoms with E-state index in [0.29, 0.717) is 19.1 Å². The zero-order chi connectivity index (χ0) is 15.2. The third kappa shape index (κ3) is 4.30. The van der Waals surface area contributed by atoms with E-state index in [1.54, 1.807) is 0 Å². The van der Waals surface area contributed by atoms with Crippen molar-refractivity contribution in [2.45, 2.75) is 65.6 Å². The van der Waals surface area contributed by atoms with Gasteiger partial charge in [0.1, 0.15) is 0 Å². The smallest absolute Gasteiger partial charge is 0.234 e. The highest BCUT2D eigenvalue weighted by atomic mass is 16.2. The van der Waals surface area contributed by atoms with Crippen LogP contribution in [0.4, 0.5) is 0 Å². The molecular weight excluding hydrogens is 264 g/mol. The number of carbonyl (C=O) groups excluding carboxylic acids is 1. The maximum Gasteiger partial charge on any atom is 0.234 e. The van der Waals surface area contributed by atoms with Crippen LogP contribution in [0.1, 0.15) is 50.8 Å². The molecule has 1 saturated heterocycles. The van der Waals surface area contributed by atoms with Crippen LogP contribution in [-0.2, 0) is 17.9 Å². The molecular formula is C16H28N4O. The Morgan fingerprint density at radius 2 is 2.24 bits per heavy atom. The Kier molecular flexibility index (Phi) is 5.79. The predicted octanol–water partition coefficient (Wildman–Crippen LogP) is 2.09. The molecule has 0 unspecified atom stereocenters. The molecule has 1 aliphatic rings. The summed E-state index contributed by atoms with van der Waals surface area (Å²) in [5.74, 6) is 0.124. The van der Waals surface area contributed by atoms with Gasteiger partial charge in [0.05, 0.1) is 12.2 Å². The highest BCUT2D eigenvalue weighted by Gasteiger charge is 2.22. The number of hydrogen-bond acceptors (Lipinski definition) is 3. The summed E-state index contributed by atoms with van der Waals surface area (Å²) in [6.45, 7) is 9.29. The van der Waals surface area contributed by atoms with Gasteiger partial charge in [-0.15, -0.1) is 0 Å². The van der Waals surface area contributed by atoms with E-state index in [2.05, 4.69) is 29.2 Å². The minimum atomic E-state index is 0.124. The third-order valence-corrected chi connectivity index (χ3v) is 4.42. The van der Waals surface area contributed by atoms with Crippen molar-refractivity contribution in [2.75, 3.05) is 13.1 Å². The SMILES string of the molecule is CC[C@@H]1CCCCN1CC(=O)NCc1cn(CC)nc1C. The van der Waals surface area contributed by atoms with Gasteiger partial charge in [0.15, 0.2) is 0 Å². The molecule has 1 atom stereocenters. The lowest BCUT2D eigenvalue weighted by molar-refractivity contribution is -0.123. The van der Waals surface area contributed by atoms with Gasteiger partial charge in [0.2, 0.25) is 5.91 Å². The number of amides is 1. The topological polar surface area (TPSA) is 50.2 Å². The maximum absolute atomic E-state index is 12.2. The summed E-state index contributed by atoms with van der Waals surface area (Å²) in [5.41, 5.74) is 2.11. The largest absolute Gasteiger partial charge is 0.351 e. The third-order valence-electron chi connectivity index (χ3n) is 4.42. The lowest BCUT2D eigenvalue weighted by atomic mass is 10.0. The van der Waals surface area contributed by atoms with Crippen molar-refractivity contribution in [1.82, 2.24) is 20.0 Å².